The van der Waals surface area contributed by atoms with Crippen molar-refractivity contribution in [3.05, 3.63) is 18.0 Å². The van der Waals surface area contributed by atoms with E-state index in [2.05, 4.69) is 42.8 Å². The van der Waals surface area contributed by atoms with E-state index in [1.54, 1.807) is 0 Å². The van der Waals surface area contributed by atoms with Crippen LogP contribution in [0.1, 0.15) is 58.2 Å². The summed E-state index contributed by atoms with van der Waals surface area (Å²) < 4.78 is 2.11. The third-order valence-corrected chi connectivity index (χ3v) is 4.44. The summed E-state index contributed by atoms with van der Waals surface area (Å²) in [6.45, 7) is 6.43. The maximum Gasteiger partial charge on any atom is 0.0650 e. The molecule has 1 aliphatic rings. The van der Waals surface area contributed by atoms with Gasteiger partial charge in [0.15, 0.2) is 0 Å². The molecule has 0 spiro atoms. The first-order valence-corrected chi connectivity index (χ1v) is 7.30. The molecule has 2 unspecified atom stereocenters. The average molecular weight is 250 g/mol. The van der Waals surface area contributed by atoms with Gasteiger partial charge >= 0.3 is 0 Å². The maximum absolute atomic E-state index is 10.2. The van der Waals surface area contributed by atoms with Gasteiger partial charge in [0.2, 0.25) is 0 Å². The summed E-state index contributed by atoms with van der Waals surface area (Å²) in [6.07, 6.45) is 7.64. The fraction of sp³-hybridized carbons (Fsp3) is 0.800. The van der Waals surface area contributed by atoms with Gasteiger partial charge in [-0.2, -0.15) is 5.10 Å². The summed E-state index contributed by atoms with van der Waals surface area (Å²) in [7, 11) is 0. The van der Waals surface area contributed by atoms with Gasteiger partial charge in [-0.25, -0.2) is 0 Å². The molecule has 102 valence electrons. The molecule has 0 aliphatic heterocycles. The molecule has 1 aromatic heterocycles. The Bertz CT molecular complexity index is 366. The Morgan fingerprint density at radius 2 is 2.00 bits per heavy atom. The van der Waals surface area contributed by atoms with Crippen molar-refractivity contribution in [2.45, 2.75) is 65.0 Å². The number of nitrogens with zero attached hydrogens (tertiary/aromatic N) is 2. The lowest BCUT2D eigenvalue weighted by Gasteiger charge is -2.21. The lowest BCUT2D eigenvalue weighted by Crippen LogP contribution is -2.24. The van der Waals surface area contributed by atoms with Gasteiger partial charge in [-0.15, -0.1) is 0 Å². The molecule has 18 heavy (non-hydrogen) atoms. The minimum atomic E-state index is -0.281. The third kappa shape index (κ3) is 3.14. The van der Waals surface area contributed by atoms with Gasteiger partial charge in [-0.05, 0) is 30.7 Å². The van der Waals surface area contributed by atoms with Gasteiger partial charge in [0, 0.05) is 12.6 Å². The van der Waals surface area contributed by atoms with Crippen LogP contribution in [0.4, 0.5) is 0 Å². The molecule has 0 aromatic carbocycles. The first-order valence-electron chi connectivity index (χ1n) is 7.30. The van der Waals surface area contributed by atoms with Crippen molar-refractivity contribution in [1.82, 2.24) is 9.78 Å². The summed E-state index contributed by atoms with van der Waals surface area (Å²) >= 11 is 0. The minimum Gasteiger partial charge on any atom is -0.392 e. The molecule has 0 bridgehead atoms. The first kappa shape index (κ1) is 13.6. The highest BCUT2D eigenvalue weighted by atomic mass is 16.3. The van der Waals surface area contributed by atoms with Gasteiger partial charge in [-0.1, -0.05) is 33.6 Å². The van der Waals surface area contributed by atoms with Crippen molar-refractivity contribution in [3.8, 4) is 0 Å². The van der Waals surface area contributed by atoms with Crippen LogP contribution in [-0.2, 0) is 6.42 Å². The zero-order valence-corrected chi connectivity index (χ0v) is 11.8. The lowest BCUT2D eigenvalue weighted by molar-refractivity contribution is 0.0910. The molecule has 3 heteroatoms. The Kier molecular flexibility index (Phi) is 4.44. The highest BCUT2D eigenvalue weighted by Crippen LogP contribution is 2.29. The Morgan fingerprint density at radius 1 is 1.33 bits per heavy atom. The predicted octanol–water partition coefficient (Wildman–Crippen LogP) is 3.19. The van der Waals surface area contributed by atoms with Gasteiger partial charge in [0.05, 0.1) is 17.8 Å². The van der Waals surface area contributed by atoms with Crippen molar-refractivity contribution in [2.75, 3.05) is 0 Å². The molecule has 0 radical (unpaired) electrons. The summed E-state index contributed by atoms with van der Waals surface area (Å²) in [6, 6.07) is 2.66. The van der Waals surface area contributed by atoms with E-state index in [0.717, 1.165) is 5.69 Å². The molecule has 1 N–H and O–H groups in total. The summed E-state index contributed by atoms with van der Waals surface area (Å²) in [5, 5.41) is 14.8. The Hall–Kier alpha value is -0.830. The molecule has 2 atom stereocenters. The second kappa shape index (κ2) is 5.87. The molecule has 1 fully saturated rings. The van der Waals surface area contributed by atoms with Crippen LogP contribution in [0.5, 0.6) is 0 Å². The lowest BCUT2D eigenvalue weighted by atomic mass is 9.90. The second-order valence-electron chi connectivity index (χ2n) is 6.10. The summed E-state index contributed by atoms with van der Waals surface area (Å²) in [5.41, 5.74) is 1.03. The quantitative estimate of drug-likeness (QED) is 0.871. The molecular weight excluding hydrogens is 224 g/mol. The number of hydrogen-bond acceptors (Lipinski definition) is 2. The third-order valence-electron chi connectivity index (χ3n) is 4.44. The van der Waals surface area contributed by atoms with Crippen molar-refractivity contribution >= 4 is 0 Å². The SMILES string of the molecule is CC(C)C(C)C(O)Cc1ccn(C2CCCC2)n1. The number of aliphatic hydroxyl groups excluding tert-OH is 1. The smallest absolute Gasteiger partial charge is 0.0650 e. The molecular formula is C15H26N2O. The van der Waals surface area contributed by atoms with Crippen LogP contribution in [0.15, 0.2) is 12.3 Å². The van der Waals surface area contributed by atoms with Gasteiger partial charge in [0.1, 0.15) is 0 Å². The molecule has 1 aromatic rings. The zero-order valence-electron chi connectivity index (χ0n) is 11.8. The van der Waals surface area contributed by atoms with E-state index in [9.17, 15) is 5.11 Å². The van der Waals surface area contributed by atoms with Crippen LogP contribution in [-0.4, -0.2) is 21.0 Å². The molecule has 1 aliphatic carbocycles. The van der Waals surface area contributed by atoms with E-state index in [1.807, 2.05) is 0 Å². The Morgan fingerprint density at radius 3 is 2.61 bits per heavy atom. The van der Waals surface area contributed by atoms with Gasteiger partial charge in [0.25, 0.3) is 0 Å². The summed E-state index contributed by atoms with van der Waals surface area (Å²) in [5.74, 6) is 0.832. The maximum atomic E-state index is 10.2. The second-order valence-corrected chi connectivity index (χ2v) is 6.10. The average Bonchev–Trinajstić information content (AvgIpc) is 2.96. The van der Waals surface area contributed by atoms with Crippen molar-refractivity contribution in [3.63, 3.8) is 0 Å². The minimum absolute atomic E-state index is 0.281. The van der Waals surface area contributed by atoms with E-state index in [1.165, 1.54) is 25.7 Å². The van der Waals surface area contributed by atoms with E-state index in [-0.39, 0.29) is 6.10 Å². The Balaban J connectivity index is 1.93. The fourth-order valence-corrected chi connectivity index (χ4v) is 2.70. The van der Waals surface area contributed by atoms with Gasteiger partial charge < -0.3 is 5.11 Å². The van der Waals surface area contributed by atoms with Crippen molar-refractivity contribution < 1.29 is 5.11 Å². The Labute approximate surface area is 110 Å². The van der Waals surface area contributed by atoms with Gasteiger partial charge in [-0.3, -0.25) is 4.68 Å². The predicted molar refractivity (Wildman–Crippen MR) is 73.4 cm³/mol. The zero-order chi connectivity index (χ0) is 13.1. The molecule has 1 heterocycles. The van der Waals surface area contributed by atoms with Crippen LogP contribution >= 0.6 is 0 Å². The van der Waals surface area contributed by atoms with Crippen LogP contribution in [0.2, 0.25) is 0 Å². The fourth-order valence-electron chi connectivity index (χ4n) is 2.70. The largest absolute Gasteiger partial charge is 0.392 e. The topological polar surface area (TPSA) is 38.0 Å². The van der Waals surface area contributed by atoms with Crippen LogP contribution < -0.4 is 0 Å². The van der Waals surface area contributed by atoms with Crippen molar-refractivity contribution in [1.29, 1.82) is 0 Å². The normalized spacial score (nSPS) is 20.5. The van der Waals surface area contributed by atoms with E-state index < -0.39 is 0 Å². The number of aliphatic hydroxyl groups is 1. The van der Waals surface area contributed by atoms with Crippen LogP contribution in [0.25, 0.3) is 0 Å². The monoisotopic (exact) mass is 250 g/mol. The first-order chi connectivity index (χ1) is 8.58. The van der Waals surface area contributed by atoms with Crippen molar-refractivity contribution in [2.24, 2.45) is 11.8 Å². The van der Waals surface area contributed by atoms with Crippen LogP contribution in [0, 0.1) is 11.8 Å². The van der Waals surface area contributed by atoms with E-state index in [4.69, 9.17) is 0 Å². The van der Waals surface area contributed by atoms with Crippen LogP contribution in [0.3, 0.4) is 0 Å². The standard InChI is InChI=1S/C15H26N2O/c1-11(2)12(3)15(18)10-13-8-9-17(16-13)14-6-4-5-7-14/h8-9,11-12,14-15,18H,4-7,10H2,1-3H3. The van der Waals surface area contributed by atoms with E-state index >= 15 is 0 Å². The van der Waals surface area contributed by atoms with E-state index in [0.29, 0.717) is 24.3 Å². The number of hydrogen-bond donors (Lipinski definition) is 1. The number of aromatic nitrogens is 2. The molecule has 1 saturated carbocycles. The number of rotatable bonds is 5. The molecule has 3 nitrogen and oxygen atoms in total. The summed E-state index contributed by atoms with van der Waals surface area (Å²) in [4.78, 5) is 0. The molecule has 0 amide bonds. The highest BCUT2D eigenvalue weighted by Gasteiger charge is 2.21. The molecule has 0 saturated heterocycles. The highest BCUT2D eigenvalue weighted by molar-refractivity contribution is 5.02. The molecule has 2 rings (SSSR count).